The molecule has 0 amide bonds. The summed E-state index contributed by atoms with van der Waals surface area (Å²) in [5, 5.41) is 0. The predicted octanol–water partition coefficient (Wildman–Crippen LogP) is 0.761. The van der Waals surface area contributed by atoms with Gasteiger partial charge in [0.1, 0.15) is 0 Å². The molecule has 3 nitrogen and oxygen atoms in total. The van der Waals surface area contributed by atoms with E-state index in [4.69, 9.17) is 14.2 Å². The van der Waals surface area contributed by atoms with Gasteiger partial charge in [-0.2, -0.15) is 0 Å². The van der Waals surface area contributed by atoms with Crippen LogP contribution in [0.25, 0.3) is 0 Å². The van der Waals surface area contributed by atoms with Gasteiger partial charge in [0.15, 0.2) is 0 Å². The summed E-state index contributed by atoms with van der Waals surface area (Å²) in [7, 11) is 1.28. The van der Waals surface area contributed by atoms with Crippen molar-refractivity contribution >= 4 is 10.2 Å². The first kappa shape index (κ1) is 12.1. The van der Waals surface area contributed by atoms with Crippen LogP contribution in [0.5, 0.6) is 0 Å². The Morgan fingerprint density at radius 2 is 2.18 bits per heavy atom. The van der Waals surface area contributed by atoms with E-state index in [-0.39, 0.29) is 0 Å². The van der Waals surface area contributed by atoms with Gasteiger partial charge >= 0.3 is 0 Å². The SMILES string of the molecule is CCC1(COCC2CC3CC([SiH3])C2O3)COC1. The monoisotopic (exact) mass is 256 g/mol. The molecule has 3 heterocycles. The molecule has 4 heteroatoms. The topological polar surface area (TPSA) is 27.7 Å². The van der Waals surface area contributed by atoms with Gasteiger partial charge in [0.2, 0.25) is 0 Å². The maximum atomic E-state index is 5.98. The van der Waals surface area contributed by atoms with Crippen LogP contribution in [0.1, 0.15) is 26.2 Å². The number of hydrogen-bond donors (Lipinski definition) is 0. The normalized spacial score (nSPS) is 42.9. The maximum absolute atomic E-state index is 5.98. The van der Waals surface area contributed by atoms with Crippen LogP contribution in [0.15, 0.2) is 0 Å². The highest BCUT2D eigenvalue weighted by Crippen LogP contribution is 2.44. The Bertz CT molecular complexity index is 274. The first-order valence-electron chi connectivity index (χ1n) is 7.03. The summed E-state index contributed by atoms with van der Waals surface area (Å²) in [4.78, 5) is 0. The average Bonchev–Trinajstić information content (AvgIpc) is 2.80. The molecular weight excluding hydrogens is 232 g/mol. The second-order valence-corrected chi connectivity index (χ2v) is 7.78. The van der Waals surface area contributed by atoms with Crippen LogP contribution < -0.4 is 0 Å². The van der Waals surface area contributed by atoms with Crippen LogP contribution in [0.4, 0.5) is 0 Å². The van der Waals surface area contributed by atoms with Gasteiger partial charge in [-0.1, -0.05) is 6.92 Å². The van der Waals surface area contributed by atoms with Crippen molar-refractivity contribution in [2.45, 2.75) is 43.9 Å². The molecule has 3 aliphatic rings. The molecule has 0 radical (unpaired) electrons. The zero-order valence-corrected chi connectivity index (χ0v) is 13.0. The third kappa shape index (κ3) is 2.20. The van der Waals surface area contributed by atoms with Crippen molar-refractivity contribution in [1.82, 2.24) is 0 Å². The molecule has 0 spiro atoms. The molecule has 4 atom stereocenters. The van der Waals surface area contributed by atoms with E-state index < -0.39 is 0 Å². The Morgan fingerprint density at radius 3 is 2.71 bits per heavy atom. The van der Waals surface area contributed by atoms with Crippen molar-refractivity contribution in [3.63, 3.8) is 0 Å². The molecule has 98 valence electrons. The molecule has 0 aromatic carbocycles. The summed E-state index contributed by atoms with van der Waals surface area (Å²) < 4.78 is 17.3. The maximum Gasteiger partial charge on any atom is 0.0627 e. The fourth-order valence-corrected chi connectivity index (χ4v) is 4.76. The first-order chi connectivity index (χ1) is 8.22. The van der Waals surface area contributed by atoms with Crippen LogP contribution >= 0.6 is 0 Å². The molecule has 3 aliphatic heterocycles. The fraction of sp³-hybridized carbons (Fsp3) is 1.00. The first-order valence-corrected chi connectivity index (χ1v) is 8.19. The number of rotatable bonds is 5. The van der Waals surface area contributed by atoms with Gasteiger partial charge < -0.3 is 14.2 Å². The van der Waals surface area contributed by atoms with Gasteiger partial charge in [0.25, 0.3) is 0 Å². The number of ether oxygens (including phenoxy) is 3. The Kier molecular flexibility index (Phi) is 3.32. The lowest BCUT2D eigenvalue weighted by molar-refractivity contribution is -0.153. The molecule has 0 aromatic heterocycles. The summed E-state index contributed by atoms with van der Waals surface area (Å²) >= 11 is 0. The lowest BCUT2D eigenvalue weighted by atomic mass is 9.84. The lowest BCUT2D eigenvalue weighted by Crippen LogP contribution is -2.46. The molecule has 3 saturated heterocycles. The minimum atomic E-state index is 0.332. The van der Waals surface area contributed by atoms with Crippen LogP contribution in [-0.2, 0) is 14.2 Å². The highest BCUT2D eigenvalue weighted by molar-refractivity contribution is 6.12. The van der Waals surface area contributed by atoms with Crippen molar-refractivity contribution in [1.29, 1.82) is 0 Å². The number of fused-ring (bicyclic) bond motifs is 2. The van der Waals surface area contributed by atoms with E-state index in [0.29, 0.717) is 23.5 Å². The van der Waals surface area contributed by atoms with Crippen molar-refractivity contribution in [2.75, 3.05) is 26.4 Å². The van der Waals surface area contributed by atoms with E-state index in [1.54, 1.807) is 0 Å². The standard InChI is InChI=1S/C13H24O3Si/c1-2-13(7-15-8-13)6-14-5-9-3-10-4-11(17)12(9)16-10/h9-12H,2-8H2,1,17H3. The molecule has 2 bridgehead atoms. The molecule has 0 saturated carbocycles. The van der Waals surface area contributed by atoms with E-state index >= 15 is 0 Å². The summed E-state index contributed by atoms with van der Waals surface area (Å²) in [5.41, 5.74) is 1.20. The van der Waals surface area contributed by atoms with E-state index in [2.05, 4.69) is 6.92 Å². The zero-order chi connectivity index (χ0) is 11.9. The minimum Gasteiger partial charge on any atom is -0.380 e. The van der Waals surface area contributed by atoms with Crippen molar-refractivity contribution in [3.8, 4) is 0 Å². The molecular formula is C13H24O3Si. The third-order valence-electron chi connectivity index (χ3n) is 4.88. The van der Waals surface area contributed by atoms with Gasteiger partial charge in [0.05, 0.1) is 38.6 Å². The number of hydrogen-bond acceptors (Lipinski definition) is 3. The highest BCUT2D eigenvalue weighted by atomic mass is 28.1. The van der Waals surface area contributed by atoms with Gasteiger partial charge in [-0.15, -0.1) is 0 Å². The van der Waals surface area contributed by atoms with Gasteiger partial charge in [-0.05, 0) is 24.8 Å². The third-order valence-corrected chi connectivity index (χ3v) is 6.01. The summed E-state index contributed by atoms with van der Waals surface area (Å²) in [6, 6.07) is 0. The molecule has 3 rings (SSSR count). The largest absolute Gasteiger partial charge is 0.380 e. The van der Waals surface area contributed by atoms with Crippen molar-refractivity contribution in [3.05, 3.63) is 0 Å². The van der Waals surface area contributed by atoms with Crippen LogP contribution in [0.2, 0.25) is 5.54 Å². The summed E-state index contributed by atoms with van der Waals surface area (Å²) in [6.07, 6.45) is 4.81. The molecule has 0 aliphatic carbocycles. The molecule has 0 N–H and O–H groups in total. The molecule has 3 fully saturated rings. The predicted molar refractivity (Wildman–Crippen MR) is 69.4 cm³/mol. The van der Waals surface area contributed by atoms with E-state index in [0.717, 1.165) is 32.0 Å². The lowest BCUT2D eigenvalue weighted by Gasteiger charge is -2.40. The Labute approximate surface area is 107 Å². The van der Waals surface area contributed by atoms with Crippen molar-refractivity contribution < 1.29 is 14.2 Å². The Hall–Kier alpha value is 0.0969. The fourth-order valence-electron chi connectivity index (χ4n) is 3.53. The second-order valence-electron chi connectivity index (χ2n) is 6.29. The Morgan fingerprint density at radius 1 is 1.35 bits per heavy atom. The van der Waals surface area contributed by atoms with Crippen LogP contribution in [0.3, 0.4) is 0 Å². The minimum absolute atomic E-state index is 0.332. The zero-order valence-electron chi connectivity index (χ0n) is 11.0. The van der Waals surface area contributed by atoms with Gasteiger partial charge in [0, 0.05) is 21.6 Å². The van der Waals surface area contributed by atoms with Gasteiger partial charge in [-0.3, -0.25) is 0 Å². The van der Waals surface area contributed by atoms with Gasteiger partial charge in [-0.25, -0.2) is 0 Å². The van der Waals surface area contributed by atoms with E-state index in [1.807, 2.05) is 0 Å². The smallest absolute Gasteiger partial charge is 0.0627 e. The molecule has 4 unspecified atom stereocenters. The highest BCUT2D eigenvalue weighted by Gasteiger charge is 2.45. The molecule has 0 aromatic rings. The summed E-state index contributed by atoms with van der Waals surface area (Å²) in [6.45, 7) is 5.80. The molecule has 17 heavy (non-hydrogen) atoms. The Balaban J connectivity index is 1.43. The van der Waals surface area contributed by atoms with Crippen LogP contribution in [-0.4, -0.2) is 48.9 Å². The second kappa shape index (κ2) is 4.65. The van der Waals surface area contributed by atoms with E-state index in [9.17, 15) is 0 Å². The average molecular weight is 256 g/mol. The van der Waals surface area contributed by atoms with Crippen LogP contribution in [0, 0.1) is 11.3 Å². The quantitative estimate of drug-likeness (QED) is 0.680. The van der Waals surface area contributed by atoms with Crippen molar-refractivity contribution in [2.24, 2.45) is 11.3 Å². The van der Waals surface area contributed by atoms with E-state index in [1.165, 1.54) is 29.5 Å². The summed E-state index contributed by atoms with van der Waals surface area (Å²) in [5.74, 6) is 0.672.